The minimum atomic E-state index is -3.70. The molecule has 7 nitrogen and oxygen atoms in total. The van der Waals surface area contributed by atoms with Gasteiger partial charge in [0.15, 0.2) is 6.61 Å². The first-order valence-electron chi connectivity index (χ1n) is 10.5. The molecule has 0 radical (unpaired) electrons. The Hall–Kier alpha value is -3.36. The maximum absolute atomic E-state index is 12.7. The largest absolute Gasteiger partial charge is 0.497 e. The minimum absolute atomic E-state index is 0.121. The van der Waals surface area contributed by atoms with Gasteiger partial charge >= 0.3 is 0 Å². The van der Waals surface area contributed by atoms with Gasteiger partial charge in [0.25, 0.3) is 5.91 Å². The van der Waals surface area contributed by atoms with Crippen molar-refractivity contribution in [2.45, 2.75) is 30.8 Å². The van der Waals surface area contributed by atoms with Crippen molar-refractivity contribution in [3.63, 3.8) is 0 Å². The molecule has 174 valence electrons. The Balaban J connectivity index is 1.52. The number of amides is 1. The van der Waals surface area contributed by atoms with E-state index in [1.54, 1.807) is 14.0 Å². The van der Waals surface area contributed by atoms with Crippen molar-refractivity contribution in [2.75, 3.05) is 13.7 Å². The summed E-state index contributed by atoms with van der Waals surface area (Å²) in [5.74, 6) is 0.862. The number of rotatable bonds is 10. The molecule has 2 N–H and O–H groups in total. The first-order chi connectivity index (χ1) is 15.8. The van der Waals surface area contributed by atoms with E-state index in [0.717, 1.165) is 16.9 Å². The van der Waals surface area contributed by atoms with Crippen molar-refractivity contribution in [1.82, 2.24) is 10.0 Å². The first kappa shape index (κ1) is 24.3. The molecule has 0 saturated carbocycles. The monoisotopic (exact) mass is 468 g/mol. The molecule has 0 aliphatic rings. The van der Waals surface area contributed by atoms with Gasteiger partial charge < -0.3 is 14.8 Å². The highest BCUT2D eigenvalue weighted by Gasteiger charge is 2.18. The van der Waals surface area contributed by atoms with E-state index in [1.807, 2.05) is 61.5 Å². The second-order valence-corrected chi connectivity index (χ2v) is 9.29. The van der Waals surface area contributed by atoms with Gasteiger partial charge in [0.05, 0.1) is 18.0 Å². The summed E-state index contributed by atoms with van der Waals surface area (Å²) in [6.07, 6.45) is 0. The first-order valence-corrected chi connectivity index (χ1v) is 12.0. The second kappa shape index (κ2) is 11.0. The molecule has 3 aromatic carbocycles. The fourth-order valence-electron chi connectivity index (χ4n) is 3.23. The minimum Gasteiger partial charge on any atom is -0.497 e. The van der Waals surface area contributed by atoms with Crippen molar-refractivity contribution in [1.29, 1.82) is 0 Å². The third-order valence-electron chi connectivity index (χ3n) is 5.13. The van der Waals surface area contributed by atoms with Gasteiger partial charge in [-0.15, -0.1) is 0 Å². The predicted molar refractivity (Wildman–Crippen MR) is 127 cm³/mol. The Morgan fingerprint density at radius 2 is 1.39 bits per heavy atom. The average molecular weight is 469 g/mol. The van der Waals surface area contributed by atoms with Gasteiger partial charge in [-0.25, -0.2) is 13.1 Å². The Bertz CT molecular complexity index is 1150. The number of methoxy groups -OCH3 is 1. The molecule has 3 aromatic rings. The average Bonchev–Trinajstić information content (AvgIpc) is 2.83. The van der Waals surface area contributed by atoms with Crippen LogP contribution in [0, 0.1) is 0 Å². The van der Waals surface area contributed by atoms with Gasteiger partial charge in [0.1, 0.15) is 11.5 Å². The molecule has 1 amide bonds. The maximum atomic E-state index is 12.7. The molecule has 0 aliphatic heterocycles. The molecule has 0 unspecified atom stereocenters. The summed E-state index contributed by atoms with van der Waals surface area (Å²) < 4.78 is 38.6. The second-order valence-electron chi connectivity index (χ2n) is 7.58. The van der Waals surface area contributed by atoms with Gasteiger partial charge in [0, 0.05) is 6.04 Å². The highest BCUT2D eigenvalue weighted by molar-refractivity contribution is 7.89. The van der Waals surface area contributed by atoms with Gasteiger partial charge in [-0.05, 0) is 61.4 Å². The smallest absolute Gasteiger partial charge is 0.258 e. The lowest BCUT2D eigenvalue weighted by atomic mass is 10.1. The van der Waals surface area contributed by atoms with E-state index in [1.165, 1.54) is 24.3 Å². The third-order valence-corrected chi connectivity index (χ3v) is 6.69. The van der Waals surface area contributed by atoms with Crippen molar-refractivity contribution in [2.24, 2.45) is 0 Å². The number of hydrogen-bond donors (Lipinski definition) is 2. The zero-order chi connectivity index (χ0) is 23.8. The van der Waals surface area contributed by atoms with E-state index in [9.17, 15) is 13.2 Å². The highest BCUT2D eigenvalue weighted by Crippen LogP contribution is 2.20. The molecular weight excluding hydrogens is 440 g/mol. The van der Waals surface area contributed by atoms with Crippen LogP contribution < -0.4 is 19.5 Å². The van der Waals surface area contributed by atoms with Crippen LogP contribution in [0.25, 0.3) is 0 Å². The Morgan fingerprint density at radius 3 is 2.00 bits per heavy atom. The van der Waals surface area contributed by atoms with Gasteiger partial charge in [-0.2, -0.15) is 0 Å². The van der Waals surface area contributed by atoms with Crippen molar-refractivity contribution in [3.05, 3.63) is 90.0 Å². The zero-order valence-electron chi connectivity index (χ0n) is 18.8. The molecule has 0 saturated heterocycles. The molecule has 33 heavy (non-hydrogen) atoms. The number of carbonyl (C=O) groups is 1. The number of benzene rings is 3. The predicted octanol–water partition coefficient (Wildman–Crippen LogP) is 3.99. The van der Waals surface area contributed by atoms with Crippen LogP contribution in [0.5, 0.6) is 11.5 Å². The molecule has 0 bridgehead atoms. The zero-order valence-corrected chi connectivity index (χ0v) is 19.6. The van der Waals surface area contributed by atoms with E-state index in [-0.39, 0.29) is 29.5 Å². The number of carbonyl (C=O) groups excluding carboxylic acids is 1. The summed E-state index contributed by atoms with van der Waals surface area (Å²) >= 11 is 0. The third kappa shape index (κ3) is 6.81. The summed E-state index contributed by atoms with van der Waals surface area (Å²) in [6, 6.07) is 22.2. The fraction of sp³-hybridized carbons (Fsp3) is 0.240. The maximum Gasteiger partial charge on any atom is 0.258 e. The van der Waals surface area contributed by atoms with Gasteiger partial charge in [-0.1, -0.05) is 42.5 Å². The van der Waals surface area contributed by atoms with Crippen molar-refractivity contribution < 1.29 is 22.7 Å². The van der Waals surface area contributed by atoms with Crippen molar-refractivity contribution in [3.8, 4) is 11.5 Å². The Labute approximate surface area is 194 Å². The molecule has 8 heteroatoms. The number of ether oxygens (including phenoxy) is 2. The lowest BCUT2D eigenvalue weighted by Gasteiger charge is -2.16. The summed E-state index contributed by atoms with van der Waals surface area (Å²) in [4.78, 5) is 12.4. The molecule has 0 aromatic heterocycles. The SMILES string of the molecule is COc1ccc([C@@H](C)NC(=O)COc2ccc(S(=O)(=O)N[C@@H](C)c3ccccc3)cc2)cc1. The summed E-state index contributed by atoms with van der Waals surface area (Å²) in [5.41, 5.74) is 1.81. The van der Waals surface area contributed by atoms with E-state index < -0.39 is 10.0 Å². The molecule has 2 atom stereocenters. The van der Waals surface area contributed by atoms with Gasteiger partial charge in [-0.3, -0.25) is 4.79 Å². The van der Waals surface area contributed by atoms with Crippen LogP contribution in [-0.2, 0) is 14.8 Å². The molecular formula is C25H28N2O5S. The molecule has 0 fully saturated rings. The van der Waals surface area contributed by atoms with Crippen molar-refractivity contribution >= 4 is 15.9 Å². The number of hydrogen-bond acceptors (Lipinski definition) is 5. The molecule has 3 rings (SSSR count). The molecule has 0 heterocycles. The fourth-order valence-corrected chi connectivity index (χ4v) is 4.47. The summed E-state index contributed by atoms with van der Waals surface area (Å²) in [6.45, 7) is 3.48. The van der Waals surface area contributed by atoms with Crippen LogP contribution in [0.1, 0.15) is 37.1 Å². The van der Waals surface area contributed by atoms with Crippen LogP contribution in [-0.4, -0.2) is 28.0 Å². The van der Waals surface area contributed by atoms with Crippen LogP contribution in [0.3, 0.4) is 0 Å². The number of sulfonamides is 1. The van der Waals surface area contributed by atoms with E-state index in [0.29, 0.717) is 5.75 Å². The summed E-state index contributed by atoms with van der Waals surface area (Å²) in [5, 5.41) is 2.87. The Morgan fingerprint density at radius 1 is 0.818 bits per heavy atom. The van der Waals surface area contributed by atoms with Crippen LogP contribution >= 0.6 is 0 Å². The van der Waals surface area contributed by atoms with E-state index in [2.05, 4.69) is 10.0 Å². The van der Waals surface area contributed by atoms with Crippen LogP contribution in [0.2, 0.25) is 0 Å². The van der Waals surface area contributed by atoms with Gasteiger partial charge in [0.2, 0.25) is 10.0 Å². The summed E-state index contributed by atoms with van der Waals surface area (Å²) in [7, 11) is -2.10. The normalized spacial score (nSPS) is 13.1. The van der Waals surface area contributed by atoms with Crippen LogP contribution in [0.15, 0.2) is 83.8 Å². The van der Waals surface area contributed by atoms with E-state index in [4.69, 9.17) is 9.47 Å². The number of nitrogens with one attached hydrogen (secondary N) is 2. The quantitative estimate of drug-likeness (QED) is 0.469. The topological polar surface area (TPSA) is 93.7 Å². The molecule has 0 aliphatic carbocycles. The standard InChI is InChI=1S/C25H28N2O5S/c1-18(21-9-11-22(31-3)12-10-21)26-25(28)17-32-23-13-15-24(16-14-23)33(29,30)27-19(2)20-7-5-4-6-8-20/h4-16,18-19,27H,17H2,1-3H3,(H,26,28)/t18-,19+/m1/s1. The lowest BCUT2D eigenvalue weighted by Crippen LogP contribution is -2.31. The van der Waals surface area contributed by atoms with E-state index >= 15 is 0 Å². The highest BCUT2D eigenvalue weighted by atomic mass is 32.2. The Kier molecular flexibility index (Phi) is 8.08. The lowest BCUT2D eigenvalue weighted by molar-refractivity contribution is -0.123. The molecule has 0 spiro atoms. The van der Waals surface area contributed by atoms with Crippen LogP contribution in [0.4, 0.5) is 0 Å².